The molecule has 1 fully saturated rings. The predicted molar refractivity (Wildman–Crippen MR) is 149 cm³/mol. The van der Waals surface area contributed by atoms with E-state index in [4.69, 9.17) is 0 Å². The van der Waals surface area contributed by atoms with E-state index in [2.05, 4.69) is 21.2 Å². The van der Waals surface area contributed by atoms with Gasteiger partial charge in [0, 0.05) is 36.9 Å². The highest BCUT2D eigenvalue weighted by atomic mass is 79.9. The summed E-state index contributed by atoms with van der Waals surface area (Å²) in [6, 6.07) is 16.5. The summed E-state index contributed by atoms with van der Waals surface area (Å²) in [6.07, 6.45) is 6.12. The van der Waals surface area contributed by atoms with Gasteiger partial charge in [-0.1, -0.05) is 77.5 Å². The first kappa shape index (κ1) is 27.8. The maximum atomic E-state index is 13.8. The molecule has 0 spiro atoms. The Hall–Kier alpha value is -3.26. The molecular formula is C30H34BrN3O4. The van der Waals surface area contributed by atoms with Crippen LogP contribution in [0.2, 0.25) is 0 Å². The van der Waals surface area contributed by atoms with Gasteiger partial charge in [0.2, 0.25) is 23.6 Å². The molecule has 1 heterocycles. The first-order valence-electron chi connectivity index (χ1n) is 13.2. The van der Waals surface area contributed by atoms with E-state index in [1.807, 2.05) is 73.7 Å². The van der Waals surface area contributed by atoms with Gasteiger partial charge in [-0.05, 0) is 42.5 Å². The summed E-state index contributed by atoms with van der Waals surface area (Å²) >= 11 is 3.45. The monoisotopic (exact) mass is 579 g/mol. The molecule has 1 aliphatic heterocycles. The number of carbonyl (C=O) groups excluding carboxylic acids is 4. The van der Waals surface area contributed by atoms with Crippen molar-refractivity contribution in [3.05, 3.63) is 82.3 Å². The summed E-state index contributed by atoms with van der Waals surface area (Å²) in [5, 5.41) is 2.96. The highest BCUT2D eigenvalue weighted by Crippen LogP contribution is 2.35. The number of fused-ring (bicyclic) bond motifs is 1. The van der Waals surface area contributed by atoms with Crippen LogP contribution in [0.3, 0.4) is 0 Å². The number of nitrogens with one attached hydrogen (secondary N) is 1. The Balaban J connectivity index is 1.57. The minimum absolute atomic E-state index is 0.0228. The highest BCUT2D eigenvalue weighted by Gasteiger charge is 2.47. The van der Waals surface area contributed by atoms with Crippen molar-refractivity contribution in [2.75, 3.05) is 13.1 Å². The molecule has 8 heteroatoms. The van der Waals surface area contributed by atoms with Gasteiger partial charge in [-0.25, -0.2) is 0 Å². The van der Waals surface area contributed by atoms with Crippen molar-refractivity contribution in [2.45, 2.75) is 51.6 Å². The van der Waals surface area contributed by atoms with Crippen molar-refractivity contribution in [2.24, 2.45) is 11.8 Å². The van der Waals surface area contributed by atoms with Gasteiger partial charge < -0.3 is 10.2 Å². The molecule has 2 aromatic carbocycles. The van der Waals surface area contributed by atoms with Crippen molar-refractivity contribution < 1.29 is 19.2 Å². The van der Waals surface area contributed by atoms with Crippen LogP contribution in [0.15, 0.2) is 71.2 Å². The number of rotatable bonds is 11. The Bertz CT molecular complexity index is 1160. The van der Waals surface area contributed by atoms with Crippen molar-refractivity contribution in [3.8, 4) is 0 Å². The quantitative estimate of drug-likeness (QED) is 0.318. The number of imide groups is 1. The third-order valence-corrected chi connectivity index (χ3v) is 7.76. The van der Waals surface area contributed by atoms with Gasteiger partial charge >= 0.3 is 0 Å². The Labute approximate surface area is 232 Å². The Morgan fingerprint density at radius 2 is 1.61 bits per heavy atom. The van der Waals surface area contributed by atoms with Gasteiger partial charge in [-0.15, -0.1) is 0 Å². The first-order valence-corrected chi connectivity index (χ1v) is 14.0. The van der Waals surface area contributed by atoms with Gasteiger partial charge in [-0.2, -0.15) is 0 Å². The van der Waals surface area contributed by atoms with Crippen LogP contribution in [0, 0.1) is 11.8 Å². The summed E-state index contributed by atoms with van der Waals surface area (Å²) < 4.78 is 0.919. The zero-order valence-electron chi connectivity index (χ0n) is 21.6. The maximum Gasteiger partial charge on any atom is 0.243 e. The fraction of sp³-hybridized carbons (Fsp3) is 0.400. The number of carbonyl (C=O) groups is 4. The van der Waals surface area contributed by atoms with Crippen molar-refractivity contribution in [3.63, 3.8) is 0 Å². The van der Waals surface area contributed by atoms with Crippen LogP contribution >= 0.6 is 15.9 Å². The van der Waals surface area contributed by atoms with Gasteiger partial charge in [0.1, 0.15) is 6.04 Å². The van der Waals surface area contributed by atoms with Crippen LogP contribution in [-0.4, -0.2) is 52.6 Å². The zero-order chi connectivity index (χ0) is 27.1. The molecule has 200 valence electrons. The van der Waals surface area contributed by atoms with Crippen LogP contribution in [0.5, 0.6) is 0 Å². The molecule has 0 radical (unpaired) electrons. The molecule has 3 atom stereocenters. The number of benzene rings is 2. The topological polar surface area (TPSA) is 86.8 Å². The zero-order valence-corrected chi connectivity index (χ0v) is 23.2. The van der Waals surface area contributed by atoms with E-state index < -0.39 is 6.04 Å². The number of allylic oxidation sites excluding steroid dienone is 2. The molecule has 2 aromatic rings. The number of halogens is 1. The molecule has 1 aliphatic carbocycles. The van der Waals surface area contributed by atoms with E-state index in [0.29, 0.717) is 25.8 Å². The molecule has 4 rings (SSSR count). The molecule has 0 aromatic heterocycles. The lowest BCUT2D eigenvalue weighted by molar-refractivity contribution is -0.144. The van der Waals surface area contributed by atoms with E-state index in [1.54, 1.807) is 4.90 Å². The molecular weight excluding hydrogens is 546 g/mol. The summed E-state index contributed by atoms with van der Waals surface area (Å²) in [5.74, 6) is -1.53. The molecule has 38 heavy (non-hydrogen) atoms. The second kappa shape index (κ2) is 13.0. The average molecular weight is 581 g/mol. The normalized spacial score (nSPS) is 19.3. The van der Waals surface area contributed by atoms with E-state index >= 15 is 0 Å². The van der Waals surface area contributed by atoms with Crippen molar-refractivity contribution in [1.82, 2.24) is 15.1 Å². The molecule has 1 saturated heterocycles. The number of hydrogen-bond acceptors (Lipinski definition) is 4. The summed E-state index contributed by atoms with van der Waals surface area (Å²) in [7, 11) is 0. The van der Waals surface area contributed by atoms with E-state index in [-0.39, 0.29) is 55.0 Å². The standard InChI is InChI=1S/C30H34BrN3O4/c1-2-17-32-28(36)26(19-21-8-4-3-5-9-21)34(20-22-12-14-23(31)15-13-22)27(35)16-18-33-29(37)24-10-6-7-11-25(24)30(33)38/h3-9,12-15,24-26H,2,10-11,16-20H2,1H3,(H,32,36)/t24-,25+,26?. The maximum absolute atomic E-state index is 13.8. The Morgan fingerprint density at radius 1 is 0.974 bits per heavy atom. The molecule has 0 bridgehead atoms. The number of likely N-dealkylation sites (tertiary alicyclic amines) is 1. The smallest absolute Gasteiger partial charge is 0.243 e. The van der Waals surface area contributed by atoms with E-state index in [0.717, 1.165) is 22.0 Å². The Kier molecular flexibility index (Phi) is 9.50. The van der Waals surface area contributed by atoms with E-state index in [1.165, 1.54) is 4.90 Å². The number of nitrogens with zero attached hydrogens (tertiary/aromatic N) is 2. The molecule has 0 saturated carbocycles. The van der Waals surface area contributed by atoms with Crippen molar-refractivity contribution in [1.29, 1.82) is 0 Å². The van der Waals surface area contributed by atoms with E-state index in [9.17, 15) is 19.2 Å². The average Bonchev–Trinajstić information content (AvgIpc) is 3.18. The minimum Gasteiger partial charge on any atom is -0.354 e. The van der Waals surface area contributed by atoms with Crippen LogP contribution < -0.4 is 5.32 Å². The van der Waals surface area contributed by atoms with Crippen LogP contribution in [-0.2, 0) is 32.1 Å². The van der Waals surface area contributed by atoms with Crippen LogP contribution in [0.1, 0.15) is 43.7 Å². The van der Waals surface area contributed by atoms with Crippen molar-refractivity contribution >= 4 is 39.6 Å². The van der Waals surface area contributed by atoms with Gasteiger partial charge in [0.05, 0.1) is 11.8 Å². The van der Waals surface area contributed by atoms with Crippen LogP contribution in [0.4, 0.5) is 0 Å². The molecule has 1 unspecified atom stereocenters. The fourth-order valence-electron chi connectivity index (χ4n) is 5.15. The SMILES string of the molecule is CCCNC(=O)C(Cc1ccccc1)N(Cc1ccc(Br)cc1)C(=O)CCN1C(=O)[C@H]2CC=CC[C@H]2C1=O. The van der Waals surface area contributed by atoms with Crippen LogP contribution in [0.25, 0.3) is 0 Å². The lowest BCUT2D eigenvalue weighted by Gasteiger charge is -2.32. The molecule has 1 N–H and O–H groups in total. The summed E-state index contributed by atoms with van der Waals surface area (Å²) in [6.45, 7) is 2.75. The lowest BCUT2D eigenvalue weighted by atomic mass is 9.85. The highest BCUT2D eigenvalue weighted by molar-refractivity contribution is 9.10. The van der Waals surface area contributed by atoms with Gasteiger partial charge in [-0.3, -0.25) is 24.1 Å². The number of hydrogen-bond donors (Lipinski definition) is 1. The first-order chi connectivity index (χ1) is 18.4. The third-order valence-electron chi connectivity index (χ3n) is 7.23. The fourth-order valence-corrected chi connectivity index (χ4v) is 5.41. The second-order valence-corrected chi connectivity index (χ2v) is 10.8. The summed E-state index contributed by atoms with van der Waals surface area (Å²) in [4.78, 5) is 55.9. The molecule has 4 amide bonds. The number of amides is 4. The van der Waals surface area contributed by atoms with Gasteiger partial charge in [0.25, 0.3) is 0 Å². The Morgan fingerprint density at radius 3 is 2.21 bits per heavy atom. The lowest BCUT2D eigenvalue weighted by Crippen LogP contribution is -2.51. The summed E-state index contributed by atoms with van der Waals surface area (Å²) in [5.41, 5.74) is 1.83. The molecule has 7 nitrogen and oxygen atoms in total. The van der Waals surface area contributed by atoms with Gasteiger partial charge in [0.15, 0.2) is 0 Å². The third kappa shape index (κ3) is 6.59. The second-order valence-electron chi connectivity index (χ2n) is 9.88. The largest absolute Gasteiger partial charge is 0.354 e. The minimum atomic E-state index is -0.739. The predicted octanol–water partition coefficient (Wildman–Crippen LogP) is 4.26. The molecule has 2 aliphatic rings.